The summed E-state index contributed by atoms with van der Waals surface area (Å²) in [5, 5.41) is 0.577. The molecule has 102 valence electrons. The molecule has 0 bridgehead atoms. The van der Waals surface area contributed by atoms with Gasteiger partial charge >= 0.3 is 0 Å². The van der Waals surface area contributed by atoms with Crippen molar-refractivity contribution in [2.24, 2.45) is 0 Å². The van der Waals surface area contributed by atoms with Gasteiger partial charge in [0.05, 0.1) is 22.9 Å². The Hall–Kier alpha value is -1.65. The summed E-state index contributed by atoms with van der Waals surface area (Å²) in [5.41, 5.74) is 1.75. The molecule has 1 aromatic carbocycles. The highest BCUT2D eigenvalue weighted by Gasteiger charge is 2.48. The minimum atomic E-state index is -0.366. The maximum Gasteiger partial charge on any atom is 0.257 e. The fourth-order valence-electron chi connectivity index (χ4n) is 3.05. The summed E-state index contributed by atoms with van der Waals surface area (Å²) in [6.07, 6.45) is 2.93. The number of hydrogen-bond donors (Lipinski definition) is 1. The van der Waals surface area contributed by atoms with E-state index in [1.165, 1.54) is 0 Å². The first-order chi connectivity index (χ1) is 9.70. The number of H-pyrrole nitrogens is 1. The van der Waals surface area contributed by atoms with E-state index in [2.05, 4.69) is 9.97 Å². The topological polar surface area (TPSA) is 55.0 Å². The van der Waals surface area contributed by atoms with Crippen LogP contribution in [0.15, 0.2) is 29.1 Å². The Kier molecular flexibility index (Phi) is 2.53. The lowest BCUT2D eigenvalue weighted by Gasteiger charge is -2.37. The Labute approximate surface area is 120 Å². The lowest BCUT2D eigenvalue weighted by atomic mass is 9.76. The molecule has 2 aromatic rings. The van der Waals surface area contributed by atoms with Gasteiger partial charge in [-0.3, -0.25) is 4.79 Å². The van der Waals surface area contributed by atoms with Crippen molar-refractivity contribution in [2.75, 3.05) is 0 Å². The Morgan fingerprint density at radius 3 is 2.80 bits per heavy atom. The monoisotopic (exact) mass is 288 g/mol. The largest absolute Gasteiger partial charge is 0.364 e. The first-order valence-corrected chi connectivity index (χ1v) is 7.10. The number of nitrogens with one attached hydrogen (secondary N) is 1. The van der Waals surface area contributed by atoms with E-state index < -0.39 is 0 Å². The van der Waals surface area contributed by atoms with Gasteiger partial charge in [-0.05, 0) is 31.4 Å². The summed E-state index contributed by atoms with van der Waals surface area (Å²) in [6.45, 7) is 0.413. The Morgan fingerprint density at radius 2 is 2.10 bits per heavy atom. The van der Waals surface area contributed by atoms with Gasteiger partial charge in [-0.15, -0.1) is 0 Å². The van der Waals surface area contributed by atoms with E-state index in [1.54, 1.807) is 6.07 Å². The zero-order chi connectivity index (χ0) is 13.7. The minimum absolute atomic E-state index is 0.0953. The predicted molar refractivity (Wildman–Crippen MR) is 75.6 cm³/mol. The average Bonchev–Trinajstić information content (AvgIpc) is 2.79. The maximum atomic E-state index is 12.4. The number of rotatable bonds is 1. The molecule has 0 radical (unpaired) electrons. The highest BCUT2D eigenvalue weighted by atomic mass is 35.5. The van der Waals surface area contributed by atoms with Crippen LogP contribution < -0.4 is 5.56 Å². The summed E-state index contributed by atoms with van der Waals surface area (Å²) < 4.78 is 5.83. The zero-order valence-corrected chi connectivity index (χ0v) is 11.5. The molecule has 2 heterocycles. The molecule has 5 heteroatoms. The highest BCUT2D eigenvalue weighted by Crippen LogP contribution is 2.48. The Balaban J connectivity index is 1.89. The predicted octanol–water partition coefficient (Wildman–Crippen LogP) is 3.00. The highest BCUT2D eigenvalue weighted by molar-refractivity contribution is 6.33. The van der Waals surface area contributed by atoms with Crippen molar-refractivity contribution in [3.63, 3.8) is 0 Å². The third-order valence-electron chi connectivity index (χ3n) is 4.23. The SMILES string of the molecule is O=c1[nH]c(-c2ccccc2Cl)nc2c1C1(CCC1)OC2. The molecule has 20 heavy (non-hydrogen) atoms. The van der Waals surface area contributed by atoms with Crippen molar-refractivity contribution in [2.45, 2.75) is 31.5 Å². The lowest BCUT2D eigenvalue weighted by molar-refractivity contribution is -0.0952. The van der Waals surface area contributed by atoms with Gasteiger partial charge in [-0.1, -0.05) is 23.7 Å². The van der Waals surface area contributed by atoms with Gasteiger partial charge in [0.1, 0.15) is 11.4 Å². The second kappa shape index (κ2) is 4.17. The average molecular weight is 289 g/mol. The third-order valence-corrected chi connectivity index (χ3v) is 4.55. The van der Waals surface area contributed by atoms with Gasteiger partial charge in [0.25, 0.3) is 5.56 Å². The van der Waals surface area contributed by atoms with Crippen LogP contribution in [0.3, 0.4) is 0 Å². The fraction of sp³-hybridized carbons (Fsp3) is 0.333. The molecular formula is C15H13ClN2O2. The number of benzene rings is 1. The molecule has 1 aromatic heterocycles. The van der Waals surface area contributed by atoms with Crippen LogP contribution in [-0.2, 0) is 16.9 Å². The van der Waals surface area contributed by atoms with E-state index >= 15 is 0 Å². The Morgan fingerprint density at radius 1 is 1.30 bits per heavy atom. The fourth-order valence-corrected chi connectivity index (χ4v) is 3.27. The van der Waals surface area contributed by atoms with E-state index in [-0.39, 0.29) is 11.2 Å². The number of aromatic amines is 1. The van der Waals surface area contributed by atoms with Crippen LogP contribution in [-0.4, -0.2) is 9.97 Å². The second-order valence-electron chi connectivity index (χ2n) is 5.35. The van der Waals surface area contributed by atoms with Gasteiger partial charge in [0, 0.05) is 5.56 Å². The molecular weight excluding hydrogens is 276 g/mol. The normalized spacial score (nSPS) is 18.9. The molecule has 1 saturated carbocycles. The van der Waals surface area contributed by atoms with E-state index in [1.807, 2.05) is 18.2 Å². The van der Waals surface area contributed by atoms with Crippen molar-refractivity contribution < 1.29 is 4.74 Å². The number of hydrogen-bond acceptors (Lipinski definition) is 3. The Bertz CT molecular complexity index is 750. The van der Waals surface area contributed by atoms with Gasteiger partial charge < -0.3 is 9.72 Å². The molecule has 0 saturated heterocycles. The summed E-state index contributed by atoms with van der Waals surface area (Å²) in [4.78, 5) is 19.8. The number of aromatic nitrogens is 2. The lowest BCUT2D eigenvalue weighted by Crippen LogP contribution is -2.38. The van der Waals surface area contributed by atoms with Gasteiger partial charge in [-0.2, -0.15) is 0 Å². The molecule has 1 spiro atoms. The molecule has 1 fully saturated rings. The van der Waals surface area contributed by atoms with Crippen LogP contribution in [0, 0.1) is 0 Å². The first kappa shape index (κ1) is 12.1. The molecule has 1 N–H and O–H groups in total. The number of halogens is 1. The molecule has 2 aliphatic rings. The van der Waals surface area contributed by atoms with E-state index in [9.17, 15) is 4.79 Å². The van der Waals surface area contributed by atoms with E-state index in [4.69, 9.17) is 16.3 Å². The van der Waals surface area contributed by atoms with Crippen molar-refractivity contribution in [1.82, 2.24) is 9.97 Å². The van der Waals surface area contributed by atoms with Crippen molar-refractivity contribution in [3.8, 4) is 11.4 Å². The first-order valence-electron chi connectivity index (χ1n) is 6.72. The second-order valence-corrected chi connectivity index (χ2v) is 5.76. The summed E-state index contributed by atoms with van der Waals surface area (Å²) in [6, 6.07) is 7.36. The standard InChI is InChI=1S/C15H13ClN2O2/c16-10-5-2-1-4-9(10)13-17-11-8-20-15(6-3-7-15)12(11)14(19)18-13/h1-2,4-5H,3,6-8H2,(H,17,18,19). The maximum absolute atomic E-state index is 12.4. The van der Waals surface area contributed by atoms with Crippen LogP contribution in [0.4, 0.5) is 0 Å². The van der Waals surface area contributed by atoms with E-state index in [0.717, 1.165) is 36.1 Å². The van der Waals surface area contributed by atoms with Crippen LogP contribution in [0.25, 0.3) is 11.4 Å². The van der Waals surface area contributed by atoms with Crippen LogP contribution >= 0.6 is 11.6 Å². The van der Waals surface area contributed by atoms with Crippen LogP contribution in [0.2, 0.25) is 5.02 Å². The molecule has 4 nitrogen and oxygen atoms in total. The number of nitrogens with zero attached hydrogens (tertiary/aromatic N) is 1. The van der Waals surface area contributed by atoms with Crippen molar-refractivity contribution in [1.29, 1.82) is 0 Å². The molecule has 0 unspecified atom stereocenters. The third kappa shape index (κ3) is 1.58. The summed E-state index contributed by atoms with van der Waals surface area (Å²) >= 11 is 6.16. The zero-order valence-electron chi connectivity index (χ0n) is 10.8. The quantitative estimate of drug-likeness (QED) is 0.877. The molecule has 0 amide bonds. The number of ether oxygens (including phenoxy) is 1. The minimum Gasteiger partial charge on any atom is -0.364 e. The number of fused-ring (bicyclic) bond motifs is 2. The molecule has 0 atom stereocenters. The summed E-state index contributed by atoms with van der Waals surface area (Å²) in [7, 11) is 0. The van der Waals surface area contributed by atoms with Crippen molar-refractivity contribution >= 4 is 11.6 Å². The molecule has 4 rings (SSSR count). The smallest absolute Gasteiger partial charge is 0.257 e. The van der Waals surface area contributed by atoms with E-state index in [0.29, 0.717) is 17.5 Å². The molecule has 1 aliphatic carbocycles. The summed E-state index contributed by atoms with van der Waals surface area (Å²) in [5.74, 6) is 0.513. The van der Waals surface area contributed by atoms with Crippen LogP contribution in [0.5, 0.6) is 0 Å². The van der Waals surface area contributed by atoms with Gasteiger partial charge in [0.2, 0.25) is 0 Å². The van der Waals surface area contributed by atoms with Crippen molar-refractivity contribution in [3.05, 3.63) is 50.9 Å². The molecule has 1 aliphatic heterocycles. The van der Waals surface area contributed by atoms with Gasteiger partial charge in [0.15, 0.2) is 0 Å². The van der Waals surface area contributed by atoms with Gasteiger partial charge in [-0.25, -0.2) is 4.98 Å². The van der Waals surface area contributed by atoms with Crippen LogP contribution in [0.1, 0.15) is 30.5 Å².